The number of hydrogen-bond acceptors (Lipinski definition) is 11. The van der Waals surface area contributed by atoms with Gasteiger partial charge in [-0.3, -0.25) is 14.4 Å². The van der Waals surface area contributed by atoms with E-state index in [2.05, 4.69) is 25.6 Å². The summed E-state index contributed by atoms with van der Waals surface area (Å²) in [5.41, 5.74) is 5.17. The van der Waals surface area contributed by atoms with Crippen molar-refractivity contribution in [3.05, 3.63) is 11.1 Å². The molecule has 2 heterocycles. The number of amides is 3. The minimum atomic E-state index is -5.23. The number of nitrogens with two attached hydrogens (primary N) is 1. The normalized spacial score (nSPS) is 19.6. The Bertz CT molecular complexity index is 886. The van der Waals surface area contributed by atoms with Gasteiger partial charge in [-0.2, -0.15) is 0 Å². The molecule has 1 fully saturated rings. The van der Waals surface area contributed by atoms with Crippen molar-refractivity contribution < 1.29 is 61.7 Å². The van der Waals surface area contributed by atoms with Crippen LogP contribution in [0.3, 0.4) is 0 Å². The van der Waals surface area contributed by atoms with Crippen molar-refractivity contribution in [2.24, 2.45) is 5.16 Å². The van der Waals surface area contributed by atoms with Crippen LogP contribution in [0.5, 0.6) is 0 Å². The van der Waals surface area contributed by atoms with E-state index in [-0.39, 0.29) is 50.4 Å². The van der Waals surface area contributed by atoms with E-state index in [4.69, 9.17) is 5.73 Å². The van der Waals surface area contributed by atoms with Crippen LogP contribution in [0, 0.1) is 0 Å². The van der Waals surface area contributed by atoms with E-state index >= 15 is 0 Å². The Kier molecular flexibility index (Phi) is 7.70. The molecule has 1 aliphatic heterocycles. The van der Waals surface area contributed by atoms with Gasteiger partial charge < -0.3 is 25.8 Å². The van der Waals surface area contributed by atoms with Crippen molar-refractivity contribution in [3.8, 4) is 0 Å². The average Bonchev–Trinajstić information content (AvgIpc) is 2.98. The number of aromatic nitrogens is 1. The smallest absolute Gasteiger partial charge is 0.731 e. The Morgan fingerprint density at radius 1 is 1.48 bits per heavy atom. The molecule has 1 aromatic rings. The summed E-state index contributed by atoms with van der Waals surface area (Å²) in [6.45, 7) is 0. The van der Waals surface area contributed by atoms with Crippen molar-refractivity contribution in [1.29, 1.82) is 0 Å². The van der Waals surface area contributed by atoms with Gasteiger partial charge in [0.2, 0.25) is 5.91 Å². The average molecular weight is 428 g/mol. The molecule has 27 heavy (non-hydrogen) atoms. The maximum atomic E-state index is 12.4. The van der Waals surface area contributed by atoms with Gasteiger partial charge in [0.1, 0.15) is 18.8 Å². The quantitative estimate of drug-likeness (QED) is 0.130. The maximum absolute atomic E-state index is 12.4. The molecule has 0 aliphatic carbocycles. The van der Waals surface area contributed by atoms with Crippen molar-refractivity contribution in [3.63, 3.8) is 0 Å². The van der Waals surface area contributed by atoms with E-state index < -0.39 is 40.1 Å². The zero-order chi connectivity index (χ0) is 19.6. The monoisotopic (exact) mass is 428 g/mol. The molecule has 3 amide bonds. The van der Waals surface area contributed by atoms with Gasteiger partial charge in [0, 0.05) is 12.4 Å². The SMILES string of the molecule is CNC(=O)[C@@H]1[C@H](NC(=O)C(=NOC)c2csc(N)n2)C(=O)N1S(=O)(=O)[O-].[Na+]. The first-order chi connectivity index (χ1) is 12.1. The fourth-order valence-corrected chi connectivity index (χ4v) is 3.54. The second kappa shape index (κ2) is 8.94. The second-order valence-corrected chi connectivity index (χ2v) is 6.93. The minimum absolute atomic E-state index is 0. The molecule has 4 N–H and O–H groups in total. The van der Waals surface area contributed by atoms with E-state index in [0.29, 0.717) is 0 Å². The summed E-state index contributed by atoms with van der Waals surface area (Å²) in [6.07, 6.45) is 0. The molecule has 1 saturated heterocycles. The number of β-lactam (4-membered cyclic amide) rings is 1. The number of hydrogen-bond donors (Lipinski definition) is 3. The molecule has 0 unspecified atom stereocenters. The van der Waals surface area contributed by atoms with E-state index in [1.807, 2.05) is 0 Å². The number of likely N-dealkylation sites (N-methyl/N-ethyl adjacent to an activating group) is 1. The van der Waals surface area contributed by atoms with Crippen LogP contribution in [-0.4, -0.2) is 71.9 Å². The van der Waals surface area contributed by atoms with Gasteiger partial charge in [-0.15, -0.1) is 11.3 Å². The van der Waals surface area contributed by atoms with Crippen molar-refractivity contribution >= 4 is 50.2 Å². The fourth-order valence-electron chi connectivity index (χ4n) is 2.16. The van der Waals surface area contributed by atoms with E-state index in [0.717, 1.165) is 18.4 Å². The van der Waals surface area contributed by atoms with Crippen molar-refractivity contribution in [2.45, 2.75) is 12.1 Å². The van der Waals surface area contributed by atoms with Crippen LogP contribution >= 0.6 is 11.3 Å². The number of carbonyl (C=O) groups excluding carboxylic acids is 3. The molecule has 0 saturated carbocycles. The standard InChI is InChI=1S/C11H14N6O7S2.Na/c1-13-9(19)7-6(10(20)17(7)26(21,22)23)15-8(18)5(16-24-2)4-3-25-11(12)14-4;/h3,6-7H,1-2H3,(H2,12,14)(H,13,19)(H,15,18)(H,21,22,23);/q;+1/p-1/t6-,7-;/m0./s1. The zero-order valence-corrected chi connectivity index (χ0v) is 18.0. The molecule has 142 valence electrons. The van der Waals surface area contributed by atoms with Gasteiger partial charge in [-0.1, -0.05) is 5.16 Å². The Hall–Kier alpha value is -1.78. The third-order valence-electron chi connectivity index (χ3n) is 3.26. The molecule has 0 aromatic carbocycles. The predicted octanol–water partition coefficient (Wildman–Crippen LogP) is -6.02. The van der Waals surface area contributed by atoms with Crippen LogP contribution < -0.4 is 45.9 Å². The summed E-state index contributed by atoms with van der Waals surface area (Å²) in [5.74, 6) is -3.18. The van der Waals surface area contributed by atoms with Crippen molar-refractivity contribution in [2.75, 3.05) is 19.9 Å². The van der Waals surface area contributed by atoms with Crippen LogP contribution in [0.2, 0.25) is 0 Å². The summed E-state index contributed by atoms with van der Waals surface area (Å²) in [7, 11) is -2.89. The number of oxime groups is 1. The molecule has 13 nitrogen and oxygen atoms in total. The van der Waals surface area contributed by atoms with Gasteiger partial charge in [-0.05, 0) is 0 Å². The van der Waals surface area contributed by atoms with Gasteiger partial charge in [0.25, 0.3) is 11.8 Å². The number of carbonyl (C=O) groups is 3. The third kappa shape index (κ3) is 4.74. The summed E-state index contributed by atoms with van der Waals surface area (Å²) in [6, 6.07) is -3.30. The molecule has 1 aromatic heterocycles. The number of nitrogens with one attached hydrogen (secondary N) is 2. The Morgan fingerprint density at radius 3 is 2.56 bits per heavy atom. The molecule has 1 aliphatic rings. The molecular formula is C11H13N6NaO7S2. The number of rotatable bonds is 6. The van der Waals surface area contributed by atoms with Crippen LogP contribution in [0.25, 0.3) is 0 Å². The topological polar surface area (TPSA) is 196 Å². The largest absolute Gasteiger partial charge is 1.00 e. The molecule has 16 heteroatoms. The maximum Gasteiger partial charge on any atom is 1.00 e. The summed E-state index contributed by atoms with van der Waals surface area (Å²) >= 11 is 1.02. The first-order valence-corrected chi connectivity index (χ1v) is 9.00. The van der Waals surface area contributed by atoms with Gasteiger partial charge in [-0.25, -0.2) is 17.7 Å². The number of thiazole rings is 1. The number of nitrogen functional groups attached to an aromatic ring is 1. The fraction of sp³-hybridized carbons (Fsp3) is 0.364. The molecule has 0 spiro atoms. The first-order valence-electron chi connectivity index (χ1n) is 6.75. The minimum Gasteiger partial charge on any atom is -0.731 e. The Morgan fingerprint density at radius 2 is 2.11 bits per heavy atom. The number of nitrogens with zero attached hydrogens (tertiary/aromatic N) is 3. The first kappa shape index (κ1) is 23.3. The molecule has 0 bridgehead atoms. The Balaban J connectivity index is 0.00000364. The van der Waals surface area contributed by atoms with Gasteiger partial charge in [0.15, 0.2) is 27.2 Å². The van der Waals surface area contributed by atoms with E-state index in [9.17, 15) is 27.4 Å². The van der Waals surface area contributed by atoms with E-state index in [1.54, 1.807) is 0 Å². The van der Waals surface area contributed by atoms with E-state index in [1.165, 1.54) is 12.4 Å². The second-order valence-electron chi connectivity index (χ2n) is 4.80. The molecule has 2 rings (SSSR count). The zero-order valence-electron chi connectivity index (χ0n) is 14.3. The summed E-state index contributed by atoms with van der Waals surface area (Å²) < 4.78 is 33.3. The number of anilines is 1. The molecule has 2 atom stereocenters. The van der Waals surface area contributed by atoms with Crippen LogP contribution in [0.1, 0.15) is 5.69 Å². The van der Waals surface area contributed by atoms with Crippen LogP contribution in [-0.2, 0) is 29.5 Å². The molecule has 0 radical (unpaired) electrons. The Labute approximate surface area is 179 Å². The molecular weight excluding hydrogens is 415 g/mol. The van der Waals surface area contributed by atoms with Gasteiger partial charge >= 0.3 is 29.6 Å². The van der Waals surface area contributed by atoms with Gasteiger partial charge in [0.05, 0.1) is 0 Å². The third-order valence-corrected chi connectivity index (χ3v) is 4.82. The van der Waals surface area contributed by atoms with Crippen LogP contribution in [0.15, 0.2) is 10.5 Å². The van der Waals surface area contributed by atoms with Crippen LogP contribution in [0.4, 0.5) is 5.13 Å². The van der Waals surface area contributed by atoms with Crippen molar-refractivity contribution in [1.82, 2.24) is 19.9 Å². The summed E-state index contributed by atoms with van der Waals surface area (Å²) in [5, 5.41) is 9.29. The predicted molar refractivity (Wildman–Crippen MR) is 86.4 cm³/mol. The summed E-state index contributed by atoms with van der Waals surface area (Å²) in [4.78, 5) is 44.5.